The molecule has 5 heteroatoms. The molecule has 0 aliphatic rings. The summed E-state index contributed by atoms with van der Waals surface area (Å²) in [6, 6.07) is 0. The summed E-state index contributed by atoms with van der Waals surface area (Å²) in [4.78, 5) is 7.49. The third-order valence-corrected chi connectivity index (χ3v) is 1.46. The van der Waals surface area contributed by atoms with Gasteiger partial charge in [0, 0.05) is 5.33 Å². The second-order valence-corrected chi connectivity index (χ2v) is 2.86. The number of halogens is 2. The zero-order chi connectivity index (χ0) is 8.10. The number of ether oxygens (including phenoxy) is 1. The molecule has 0 aromatic carbocycles. The maximum Gasteiger partial charge on any atom is 0.222 e. The third kappa shape index (κ3) is 3.03. The molecular weight excluding hydrogens is 231 g/mol. The highest BCUT2D eigenvalue weighted by Gasteiger charge is 1.93. The van der Waals surface area contributed by atoms with E-state index in [1.54, 1.807) is 0 Å². The van der Waals surface area contributed by atoms with Gasteiger partial charge in [-0.2, -0.15) is 0 Å². The van der Waals surface area contributed by atoms with Gasteiger partial charge >= 0.3 is 0 Å². The molecule has 0 atom stereocenters. The molecule has 0 N–H and O–H groups in total. The quantitative estimate of drug-likeness (QED) is 0.595. The molecule has 3 nitrogen and oxygen atoms in total. The summed E-state index contributed by atoms with van der Waals surface area (Å²) in [5, 5.41) is 1.02. The van der Waals surface area contributed by atoms with Gasteiger partial charge in [-0.05, 0) is 11.6 Å². The van der Waals surface area contributed by atoms with E-state index in [0.717, 1.165) is 5.33 Å². The molecule has 1 aromatic rings. The molecule has 1 aromatic heterocycles. The summed E-state index contributed by atoms with van der Waals surface area (Å²) < 4.78 is 5.18. The van der Waals surface area contributed by atoms with Gasteiger partial charge < -0.3 is 4.74 Å². The highest BCUT2D eigenvalue weighted by atomic mass is 79.9. The normalized spacial score (nSPS) is 9.64. The minimum atomic E-state index is 0.233. The van der Waals surface area contributed by atoms with E-state index in [2.05, 4.69) is 25.9 Å². The molecular formula is C6H6BrClN2O. The highest BCUT2D eigenvalue weighted by Crippen LogP contribution is 2.08. The molecule has 0 saturated carbocycles. The third-order valence-electron chi connectivity index (χ3n) is 0.943. The first-order valence-electron chi connectivity index (χ1n) is 2.99. The summed E-state index contributed by atoms with van der Waals surface area (Å²) >= 11 is 8.69. The second kappa shape index (κ2) is 4.51. The van der Waals surface area contributed by atoms with Gasteiger partial charge in [-0.1, -0.05) is 15.9 Å². The molecule has 60 valence electrons. The van der Waals surface area contributed by atoms with Gasteiger partial charge in [0.15, 0.2) is 5.75 Å². The largest absolute Gasteiger partial charge is 0.489 e. The predicted octanol–water partition coefficient (Wildman–Crippen LogP) is 1.90. The predicted molar refractivity (Wildman–Crippen MR) is 46.3 cm³/mol. The average Bonchev–Trinajstić information content (AvgIpc) is 2.04. The number of hydrogen-bond acceptors (Lipinski definition) is 3. The van der Waals surface area contributed by atoms with Gasteiger partial charge in [0.2, 0.25) is 5.28 Å². The lowest BCUT2D eigenvalue weighted by atomic mass is 10.6. The first kappa shape index (κ1) is 8.74. The van der Waals surface area contributed by atoms with Crippen LogP contribution in [0.4, 0.5) is 0 Å². The van der Waals surface area contributed by atoms with Crippen LogP contribution in [-0.2, 0) is 0 Å². The Kier molecular flexibility index (Phi) is 3.59. The zero-order valence-corrected chi connectivity index (χ0v) is 7.97. The molecule has 0 bridgehead atoms. The maximum absolute atomic E-state index is 5.46. The van der Waals surface area contributed by atoms with E-state index >= 15 is 0 Å². The van der Waals surface area contributed by atoms with Crippen molar-refractivity contribution >= 4 is 27.5 Å². The van der Waals surface area contributed by atoms with Crippen molar-refractivity contribution < 1.29 is 4.74 Å². The molecule has 0 radical (unpaired) electrons. The molecule has 1 rings (SSSR count). The minimum absolute atomic E-state index is 0.233. The Morgan fingerprint density at radius 1 is 1.45 bits per heavy atom. The molecule has 0 amide bonds. The number of hydrogen-bond donors (Lipinski definition) is 0. The Morgan fingerprint density at radius 3 is 2.64 bits per heavy atom. The van der Waals surface area contributed by atoms with Crippen molar-refractivity contribution in [1.82, 2.24) is 9.97 Å². The number of aromatic nitrogens is 2. The van der Waals surface area contributed by atoms with Gasteiger partial charge in [-0.15, -0.1) is 0 Å². The molecule has 1 heterocycles. The standard InChI is InChI=1S/C6H6BrClN2O/c7-1-2-11-5-3-9-6(8)10-4-5/h3-4H,1-2H2. The molecule has 0 fully saturated rings. The van der Waals surface area contributed by atoms with E-state index < -0.39 is 0 Å². The van der Waals surface area contributed by atoms with Crippen molar-refractivity contribution in [2.45, 2.75) is 0 Å². The Hall–Kier alpha value is -0.350. The summed E-state index contributed by atoms with van der Waals surface area (Å²) in [7, 11) is 0. The lowest BCUT2D eigenvalue weighted by Crippen LogP contribution is -1.98. The van der Waals surface area contributed by atoms with Crippen LogP contribution in [0.15, 0.2) is 12.4 Å². The number of alkyl halides is 1. The van der Waals surface area contributed by atoms with Crippen LogP contribution in [-0.4, -0.2) is 21.9 Å². The summed E-state index contributed by atoms with van der Waals surface area (Å²) in [5.41, 5.74) is 0. The van der Waals surface area contributed by atoms with Gasteiger partial charge in [0.25, 0.3) is 0 Å². The number of rotatable bonds is 3. The molecule has 0 spiro atoms. The van der Waals surface area contributed by atoms with Gasteiger partial charge in [-0.3, -0.25) is 0 Å². The van der Waals surface area contributed by atoms with Gasteiger partial charge in [0.1, 0.15) is 0 Å². The smallest absolute Gasteiger partial charge is 0.222 e. The van der Waals surface area contributed by atoms with Crippen molar-refractivity contribution in [2.75, 3.05) is 11.9 Å². The van der Waals surface area contributed by atoms with Crippen LogP contribution in [0.5, 0.6) is 5.75 Å². The van der Waals surface area contributed by atoms with Crippen LogP contribution < -0.4 is 4.74 Å². The Bertz CT molecular complexity index is 216. The summed E-state index contributed by atoms with van der Waals surface area (Å²) in [6.45, 7) is 0.602. The average molecular weight is 237 g/mol. The van der Waals surface area contributed by atoms with Crippen LogP contribution in [0, 0.1) is 0 Å². The van der Waals surface area contributed by atoms with E-state index in [1.165, 1.54) is 12.4 Å². The molecule has 0 saturated heterocycles. The SMILES string of the molecule is Clc1ncc(OCCBr)cn1. The molecule has 0 aliphatic carbocycles. The highest BCUT2D eigenvalue weighted by molar-refractivity contribution is 9.09. The van der Waals surface area contributed by atoms with Crippen molar-refractivity contribution in [1.29, 1.82) is 0 Å². The van der Waals surface area contributed by atoms with Gasteiger partial charge in [0.05, 0.1) is 19.0 Å². The van der Waals surface area contributed by atoms with Crippen molar-refractivity contribution in [3.8, 4) is 5.75 Å². The van der Waals surface area contributed by atoms with Crippen LogP contribution in [0.3, 0.4) is 0 Å². The fourth-order valence-electron chi connectivity index (χ4n) is 0.531. The maximum atomic E-state index is 5.46. The molecule has 0 aliphatic heterocycles. The van der Waals surface area contributed by atoms with Crippen molar-refractivity contribution in [2.24, 2.45) is 0 Å². The van der Waals surface area contributed by atoms with Crippen LogP contribution in [0.1, 0.15) is 0 Å². The Labute approximate surface area is 77.9 Å². The lowest BCUT2D eigenvalue weighted by Gasteiger charge is -2.00. The van der Waals surface area contributed by atoms with Crippen LogP contribution in [0.2, 0.25) is 5.28 Å². The minimum Gasteiger partial charge on any atom is -0.489 e. The van der Waals surface area contributed by atoms with Crippen molar-refractivity contribution in [3.05, 3.63) is 17.7 Å². The fraction of sp³-hybridized carbons (Fsp3) is 0.333. The Balaban J connectivity index is 2.52. The topological polar surface area (TPSA) is 35.0 Å². The first-order chi connectivity index (χ1) is 5.33. The second-order valence-electron chi connectivity index (χ2n) is 1.73. The van der Waals surface area contributed by atoms with Crippen molar-refractivity contribution in [3.63, 3.8) is 0 Å². The fourth-order valence-corrected chi connectivity index (χ4v) is 0.791. The van der Waals surface area contributed by atoms with E-state index in [-0.39, 0.29) is 5.28 Å². The summed E-state index contributed by atoms with van der Waals surface area (Å²) in [6.07, 6.45) is 3.08. The molecule has 11 heavy (non-hydrogen) atoms. The molecule has 0 unspecified atom stereocenters. The van der Waals surface area contributed by atoms with E-state index in [0.29, 0.717) is 12.4 Å². The van der Waals surface area contributed by atoms with Crippen LogP contribution >= 0.6 is 27.5 Å². The zero-order valence-electron chi connectivity index (χ0n) is 5.63. The monoisotopic (exact) mass is 236 g/mol. The Morgan fingerprint density at radius 2 is 2.09 bits per heavy atom. The van der Waals surface area contributed by atoms with E-state index in [9.17, 15) is 0 Å². The summed E-state index contributed by atoms with van der Waals surface area (Å²) in [5.74, 6) is 0.633. The van der Waals surface area contributed by atoms with Crippen LogP contribution in [0.25, 0.3) is 0 Å². The van der Waals surface area contributed by atoms with E-state index in [1.807, 2.05) is 0 Å². The lowest BCUT2D eigenvalue weighted by molar-refractivity contribution is 0.342. The number of nitrogens with zero attached hydrogens (tertiary/aromatic N) is 2. The van der Waals surface area contributed by atoms with E-state index in [4.69, 9.17) is 16.3 Å². The first-order valence-corrected chi connectivity index (χ1v) is 4.49. The van der Waals surface area contributed by atoms with Gasteiger partial charge in [-0.25, -0.2) is 9.97 Å².